The van der Waals surface area contributed by atoms with Gasteiger partial charge >= 0.3 is 0 Å². The third-order valence-corrected chi connectivity index (χ3v) is 3.73. The molecule has 26 heavy (non-hydrogen) atoms. The van der Waals surface area contributed by atoms with E-state index in [4.69, 9.17) is 5.26 Å². The van der Waals surface area contributed by atoms with E-state index >= 15 is 0 Å². The fourth-order valence-electron chi connectivity index (χ4n) is 2.24. The van der Waals surface area contributed by atoms with E-state index in [2.05, 4.69) is 23.7 Å². The molecule has 0 spiro atoms. The van der Waals surface area contributed by atoms with Crippen molar-refractivity contribution in [2.75, 3.05) is 0 Å². The zero-order valence-corrected chi connectivity index (χ0v) is 14.2. The number of nitriles is 1. The predicted octanol–water partition coefficient (Wildman–Crippen LogP) is 4.81. The summed E-state index contributed by atoms with van der Waals surface area (Å²) in [6, 6.07) is 21.5. The van der Waals surface area contributed by atoms with Crippen molar-refractivity contribution >= 4 is 0 Å². The van der Waals surface area contributed by atoms with Gasteiger partial charge in [0.05, 0.1) is 17.2 Å². The first-order chi connectivity index (χ1) is 12.6. The minimum atomic E-state index is -0.401. The van der Waals surface area contributed by atoms with E-state index in [9.17, 15) is 4.39 Å². The maximum atomic E-state index is 14.2. The molecule has 0 bridgehead atoms. The number of halogens is 1. The Kier molecular flexibility index (Phi) is 5.14. The molecule has 1 nitrogen and oxygen atoms in total. The highest BCUT2D eigenvalue weighted by Crippen LogP contribution is 2.10. The number of hydrogen-bond donors (Lipinski definition) is 0. The molecule has 0 aliphatic carbocycles. The molecule has 3 rings (SSSR count). The summed E-state index contributed by atoms with van der Waals surface area (Å²) in [4.78, 5) is 0. The lowest BCUT2D eigenvalue weighted by molar-refractivity contribution is 0.624. The van der Waals surface area contributed by atoms with Crippen molar-refractivity contribution < 1.29 is 4.39 Å². The summed E-state index contributed by atoms with van der Waals surface area (Å²) in [5, 5.41) is 8.78. The van der Waals surface area contributed by atoms with Crippen LogP contribution in [0.25, 0.3) is 0 Å². The monoisotopic (exact) mass is 335 g/mol. The summed E-state index contributed by atoms with van der Waals surface area (Å²) in [6.45, 7) is 2.02. The van der Waals surface area contributed by atoms with Crippen LogP contribution in [0.5, 0.6) is 0 Å². The summed E-state index contributed by atoms with van der Waals surface area (Å²) in [7, 11) is 0. The van der Waals surface area contributed by atoms with E-state index in [1.165, 1.54) is 11.6 Å². The Balaban J connectivity index is 1.79. The van der Waals surface area contributed by atoms with E-state index in [1.54, 1.807) is 36.4 Å². The summed E-state index contributed by atoms with van der Waals surface area (Å²) in [6.07, 6.45) is 0. The maximum Gasteiger partial charge on any atom is 0.140 e. The van der Waals surface area contributed by atoms with Crippen LogP contribution in [0.3, 0.4) is 0 Å². The van der Waals surface area contributed by atoms with Gasteiger partial charge in [0.2, 0.25) is 0 Å². The molecule has 0 unspecified atom stereocenters. The first-order valence-corrected chi connectivity index (χ1v) is 8.04. The Morgan fingerprint density at radius 3 is 1.77 bits per heavy atom. The number of benzene rings is 3. The van der Waals surface area contributed by atoms with Gasteiger partial charge in [-0.05, 0) is 61.5 Å². The van der Waals surface area contributed by atoms with Gasteiger partial charge in [-0.15, -0.1) is 0 Å². The molecule has 2 heteroatoms. The van der Waals surface area contributed by atoms with Crippen molar-refractivity contribution in [3.63, 3.8) is 0 Å². The molecule has 3 aromatic rings. The Bertz CT molecular complexity index is 1090. The smallest absolute Gasteiger partial charge is 0.140 e. The quantitative estimate of drug-likeness (QED) is 0.541. The minimum absolute atomic E-state index is 0.315. The van der Waals surface area contributed by atoms with Gasteiger partial charge in [0.1, 0.15) is 5.82 Å². The van der Waals surface area contributed by atoms with Gasteiger partial charge in [-0.1, -0.05) is 41.4 Å². The largest absolute Gasteiger partial charge is 0.206 e. The average molecular weight is 335 g/mol. The molecule has 0 heterocycles. The summed E-state index contributed by atoms with van der Waals surface area (Å²) in [5.41, 5.74) is 4.28. The van der Waals surface area contributed by atoms with Crippen LogP contribution in [-0.4, -0.2) is 0 Å². The standard InChI is InChI=1S/C24H14FN/c1-18-2-4-19(5-3-18)6-9-21-13-15-23(24(25)16-21)14-12-20-7-10-22(17-26)11-8-20/h2-5,7-8,10-11,13,15-16H,1H3. The van der Waals surface area contributed by atoms with Crippen LogP contribution in [0.1, 0.15) is 33.4 Å². The minimum Gasteiger partial charge on any atom is -0.206 e. The number of hydrogen-bond acceptors (Lipinski definition) is 1. The van der Waals surface area contributed by atoms with E-state index < -0.39 is 5.82 Å². The second-order valence-corrected chi connectivity index (χ2v) is 5.75. The van der Waals surface area contributed by atoms with Crippen LogP contribution in [0.4, 0.5) is 4.39 Å². The highest BCUT2D eigenvalue weighted by atomic mass is 19.1. The van der Waals surface area contributed by atoms with E-state index in [0.29, 0.717) is 16.7 Å². The van der Waals surface area contributed by atoms with Gasteiger partial charge in [-0.2, -0.15) is 5.26 Å². The van der Waals surface area contributed by atoms with Gasteiger partial charge in [-0.25, -0.2) is 4.39 Å². The normalized spacial score (nSPS) is 9.27. The molecule has 0 aliphatic rings. The Labute approximate surface area is 152 Å². The zero-order valence-electron chi connectivity index (χ0n) is 14.2. The van der Waals surface area contributed by atoms with Gasteiger partial charge in [0, 0.05) is 16.7 Å². The van der Waals surface area contributed by atoms with Crippen LogP contribution < -0.4 is 0 Å². The second-order valence-electron chi connectivity index (χ2n) is 5.75. The van der Waals surface area contributed by atoms with Crippen molar-refractivity contribution in [2.45, 2.75) is 6.92 Å². The lowest BCUT2D eigenvalue weighted by Crippen LogP contribution is -1.86. The molecule has 122 valence electrons. The highest BCUT2D eigenvalue weighted by molar-refractivity contribution is 5.49. The predicted molar refractivity (Wildman–Crippen MR) is 101 cm³/mol. The van der Waals surface area contributed by atoms with Gasteiger partial charge in [-0.3, -0.25) is 0 Å². The third kappa shape index (κ3) is 4.39. The van der Waals surface area contributed by atoms with E-state index in [-0.39, 0.29) is 0 Å². The van der Waals surface area contributed by atoms with Crippen LogP contribution in [0.15, 0.2) is 66.7 Å². The van der Waals surface area contributed by atoms with Crippen molar-refractivity contribution in [3.05, 3.63) is 106 Å². The molecular weight excluding hydrogens is 321 g/mol. The molecule has 0 saturated carbocycles. The van der Waals surface area contributed by atoms with Gasteiger partial charge in [0.15, 0.2) is 0 Å². The van der Waals surface area contributed by atoms with Crippen molar-refractivity contribution in [3.8, 4) is 29.8 Å². The van der Waals surface area contributed by atoms with E-state index in [0.717, 1.165) is 11.1 Å². The summed E-state index contributed by atoms with van der Waals surface area (Å²) >= 11 is 0. The first kappa shape index (κ1) is 17.0. The fraction of sp³-hybridized carbons (Fsp3) is 0.0417. The molecule has 3 aromatic carbocycles. The van der Waals surface area contributed by atoms with Crippen LogP contribution in [-0.2, 0) is 0 Å². The summed E-state index contributed by atoms with van der Waals surface area (Å²) < 4.78 is 14.2. The number of nitrogens with zero attached hydrogens (tertiary/aromatic N) is 1. The topological polar surface area (TPSA) is 23.8 Å². The third-order valence-electron chi connectivity index (χ3n) is 3.73. The van der Waals surface area contributed by atoms with Gasteiger partial charge < -0.3 is 0 Å². The van der Waals surface area contributed by atoms with Crippen molar-refractivity contribution in [2.24, 2.45) is 0 Å². The molecule has 0 fully saturated rings. The van der Waals surface area contributed by atoms with Crippen molar-refractivity contribution in [1.29, 1.82) is 5.26 Å². The lowest BCUT2D eigenvalue weighted by atomic mass is 10.1. The lowest BCUT2D eigenvalue weighted by Gasteiger charge is -1.96. The average Bonchev–Trinajstić information content (AvgIpc) is 2.67. The Morgan fingerprint density at radius 1 is 0.654 bits per heavy atom. The first-order valence-electron chi connectivity index (χ1n) is 8.04. The Hall–Kier alpha value is -3.80. The zero-order chi connectivity index (χ0) is 18.4. The molecule has 0 aliphatic heterocycles. The molecule has 0 amide bonds. The molecule has 0 atom stereocenters. The van der Waals surface area contributed by atoms with Crippen LogP contribution in [0, 0.1) is 47.8 Å². The van der Waals surface area contributed by atoms with Crippen LogP contribution in [0.2, 0.25) is 0 Å². The number of aryl methyl sites for hydroxylation is 1. The van der Waals surface area contributed by atoms with E-state index in [1.807, 2.05) is 37.3 Å². The van der Waals surface area contributed by atoms with Gasteiger partial charge in [0.25, 0.3) is 0 Å². The Morgan fingerprint density at radius 2 is 1.15 bits per heavy atom. The fourth-order valence-corrected chi connectivity index (χ4v) is 2.24. The molecule has 0 saturated heterocycles. The second kappa shape index (κ2) is 7.85. The number of rotatable bonds is 0. The molecule has 0 aromatic heterocycles. The molecule has 0 radical (unpaired) electrons. The van der Waals surface area contributed by atoms with Crippen molar-refractivity contribution in [1.82, 2.24) is 0 Å². The molecular formula is C24H14FN. The molecule has 0 N–H and O–H groups in total. The maximum absolute atomic E-state index is 14.2. The highest BCUT2D eigenvalue weighted by Gasteiger charge is 2.00. The summed E-state index contributed by atoms with van der Waals surface area (Å²) in [5.74, 6) is 11.3. The SMILES string of the molecule is Cc1ccc(C#Cc2ccc(C#Cc3ccc(C#N)cc3)c(F)c2)cc1. The van der Waals surface area contributed by atoms with Crippen LogP contribution >= 0.6 is 0 Å².